The maximum Gasteiger partial charge on any atom is 0.191 e. The lowest BCUT2D eigenvalue weighted by atomic mass is 10.1. The SMILES string of the molecule is CCc1ccccc1CNC(=NC)NC1CCC(SC)C1.I. The summed E-state index contributed by atoms with van der Waals surface area (Å²) in [5.74, 6) is 0.924. The van der Waals surface area contributed by atoms with E-state index in [0.29, 0.717) is 6.04 Å². The molecule has 5 heteroatoms. The average molecular weight is 433 g/mol. The molecule has 1 aliphatic rings. The standard InChI is InChI=1S/C17H27N3S.HI/c1-4-13-7-5-6-8-14(13)12-19-17(18-2)20-15-9-10-16(11-15)21-3;/h5-8,15-16H,4,9-12H2,1-3H3,(H2,18,19,20);1H. The maximum atomic E-state index is 4.36. The van der Waals surface area contributed by atoms with Gasteiger partial charge in [0.05, 0.1) is 0 Å². The first-order valence-corrected chi connectivity index (χ1v) is 9.12. The Balaban J connectivity index is 0.00000242. The van der Waals surface area contributed by atoms with Gasteiger partial charge in [0.25, 0.3) is 0 Å². The largest absolute Gasteiger partial charge is 0.354 e. The highest BCUT2D eigenvalue weighted by Gasteiger charge is 2.24. The van der Waals surface area contributed by atoms with Crippen LogP contribution in [0.25, 0.3) is 0 Å². The monoisotopic (exact) mass is 433 g/mol. The minimum absolute atomic E-state index is 0. The molecule has 0 saturated heterocycles. The molecular weight excluding hydrogens is 405 g/mol. The second kappa shape index (κ2) is 10.4. The van der Waals surface area contributed by atoms with Crippen LogP contribution in [0.2, 0.25) is 0 Å². The molecule has 2 N–H and O–H groups in total. The van der Waals surface area contributed by atoms with Crippen LogP contribution in [0.5, 0.6) is 0 Å². The van der Waals surface area contributed by atoms with Gasteiger partial charge in [0.15, 0.2) is 5.96 Å². The Morgan fingerprint density at radius 1 is 1.27 bits per heavy atom. The van der Waals surface area contributed by atoms with Crippen molar-refractivity contribution >= 4 is 41.7 Å². The summed E-state index contributed by atoms with van der Waals surface area (Å²) in [4.78, 5) is 4.36. The minimum Gasteiger partial charge on any atom is -0.354 e. The van der Waals surface area contributed by atoms with E-state index >= 15 is 0 Å². The van der Waals surface area contributed by atoms with E-state index in [2.05, 4.69) is 53.1 Å². The van der Waals surface area contributed by atoms with E-state index in [1.165, 1.54) is 30.4 Å². The third kappa shape index (κ3) is 5.65. The van der Waals surface area contributed by atoms with Crippen molar-refractivity contribution in [1.29, 1.82) is 0 Å². The van der Waals surface area contributed by atoms with Gasteiger partial charge in [0.2, 0.25) is 0 Å². The molecule has 3 nitrogen and oxygen atoms in total. The van der Waals surface area contributed by atoms with Crippen LogP contribution in [-0.4, -0.2) is 30.6 Å². The highest BCUT2D eigenvalue weighted by atomic mass is 127. The third-order valence-electron chi connectivity index (χ3n) is 4.23. The summed E-state index contributed by atoms with van der Waals surface area (Å²) in [5, 5.41) is 7.82. The first-order valence-electron chi connectivity index (χ1n) is 7.83. The maximum absolute atomic E-state index is 4.36. The Bertz CT molecular complexity index is 479. The van der Waals surface area contributed by atoms with Gasteiger partial charge in [-0.1, -0.05) is 31.2 Å². The number of guanidine groups is 1. The van der Waals surface area contributed by atoms with Crippen molar-refractivity contribution in [3.63, 3.8) is 0 Å². The first-order chi connectivity index (χ1) is 10.3. The zero-order chi connectivity index (χ0) is 15.1. The van der Waals surface area contributed by atoms with E-state index in [1.54, 1.807) is 0 Å². The normalized spacial score (nSPS) is 21.3. The van der Waals surface area contributed by atoms with Gasteiger partial charge >= 0.3 is 0 Å². The fourth-order valence-corrected chi connectivity index (χ4v) is 3.72. The number of nitrogens with one attached hydrogen (secondary N) is 2. The number of aliphatic imine (C=N–C) groups is 1. The van der Waals surface area contributed by atoms with Crippen LogP contribution in [0.1, 0.15) is 37.3 Å². The van der Waals surface area contributed by atoms with Crippen LogP contribution in [-0.2, 0) is 13.0 Å². The highest BCUT2D eigenvalue weighted by molar-refractivity contribution is 14.0. The van der Waals surface area contributed by atoms with Crippen LogP contribution in [0, 0.1) is 0 Å². The van der Waals surface area contributed by atoms with Crippen molar-refractivity contribution in [3.8, 4) is 0 Å². The fourth-order valence-electron chi connectivity index (χ4n) is 2.93. The van der Waals surface area contributed by atoms with E-state index in [0.717, 1.165) is 24.2 Å². The Morgan fingerprint density at radius 2 is 2.00 bits per heavy atom. The number of aryl methyl sites for hydroxylation is 1. The number of nitrogens with zero attached hydrogens (tertiary/aromatic N) is 1. The predicted molar refractivity (Wildman–Crippen MR) is 110 cm³/mol. The molecule has 0 heterocycles. The van der Waals surface area contributed by atoms with Gasteiger partial charge in [-0.2, -0.15) is 11.8 Å². The molecule has 1 aromatic carbocycles. The molecule has 0 aliphatic heterocycles. The highest BCUT2D eigenvalue weighted by Crippen LogP contribution is 2.28. The Morgan fingerprint density at radius 3 is 2.59 bits per heavy atom. The van der Waals surface area contributed by atoms with Crippen molar-refractivity contribution < 1.29 is 0 Å². The number of hydrogen-bond acceptors (Lipinski definition) is 2. The van der Waals surface area contributed by atoms with E-state index in [1.807, 2.05) is 18.8 Å². The minimum atomic E-state index is 0. The third-order valence-corrected chi connectivity index (χ3v) is 5.32. The van der Waals surface area contributed by atoms with Crippen LogP contribution < -0.4 is 10.6 Å². The molecule has 0 radical (unpaired) electrons. The van der Waals surface area contributed by atoms with Gasteiger partial charge in [-0.05, 0) is 43.1 Å². The van der Waals surface area contributed by atoms with Gasteiger partial charge in [0.1, 0.15) is 0 Å². The summed E-state index contributed by atoms with van der Waals surface area (Å²) in [6, 6.07) is 9.17. The molecule has 1 fully saturated rings. The molecule has 1 saturated carbocycles. The summed E-state index contributed by atoms with van der Waals surface area (Å²) in [7, 11) is 1.85. The van der Waals surface area contributed by atoms with Gasteiger partial charge in [0, 0.05) is 24.9 Å². The Kier molecular flexibility index (Phi) is 9.24. The van der Waals surface area contributed by atoms with Crippen LogP contribution in [0.15, 0.2) is 29.3 Å². The van der Waals surface area contributed by atoms with Gasteiger partial charge in [-0.25, -0.2) is 0 Å². The lowest BCUT2D eigenvalue weighted by Gasteiger charge is -2.18. The topological polar surface area (TPSA) is 36.4 Å². The summed E-state index contributed by atoms with van der Waals surface area (Å²) in [5.41, 5.74) is 2.76. The molecule has 124 valence electrons. The Labute approximate surface area is 156 Å². The fraction of sp³-hybridized carbons (Fsp3) is 0.588. The smallest absolute Gasteiger partial charge is 0.191 e. The lowest BCUT2D eigenvalue weighted by molar-refractivity contribution is 0.614. The van der Waals surface area contributed by atoms with Gasteiger partial charge < -0.3 is 10.6 Å². The van der Waals surface area contributed by atoms with Crippen molar-refractivity contribution in [2.75, 3.05) is 13.3 Å². The molecule has 22 heavy (non-hydrogen) atoms. The molecule has 1 aromatic rings. The van der Waals surface area contributed by atoms with E-state index in [-0.39, 0.29) is 24.0 Å². The zero-order valence-corrected chi connectivity index (χ0v) is 16.9. The molecule has 2 atom stereocenters. The summed E-state index contributed by atoms with van der Waals surface area (Å²) in [6.07, 6.45) is 7.09. The number of hydrogen-bond donors (Lipinski definition) is 2. The second-order valence-corrected chi connectivity index (χ2v) is 6.70. The first kappa shape index (κ1) is 19.6. The summed E-state index contributed by atoms with van der Waals surface area (Å²) >= 11 is 1.99. The van der Waals surface area contributed by atoms with Crippen LogP contribution in [0.4, 0.5) is 0 Å². The van der Waals surface area contributed by atoms with E-state index in [9.17, 15) is 0 Å². The number of benzene rings is 1. The number of halogens is 1. The van der Waals surface area contributed by atoms with E-state index < -0.39 is 0 Å². The zero-order valence-electron chi connectivity index (χ0n) is 13.8. The number of thioether (sulfide) groups is 1. The number of rotatable bonds is 5. The quantitative estimate of drug-likeness (QED) is 0.421. The van der Waals surface area contributed by atoms with Crippen molar-refractivity contribution in [2.24, 2.45) is 4.99 Å². The molecular formula is C17H28IN3S. The van der Waals surface area contributed by atoms with Gasteiger partial charge in [-0.3, -0.25) is 4.99 Å². The molecule has 0 bridgehead atoms. The summed E-state index contributed by atoms with van der Waals surface area (Å²) in [6.45, 7) is 3.04. The predicted octanol–water partition coefficient (Wildman–Crippen LogP) is 3.82. The van der Waals surface area contributed by atoms with Crippen molar-refractivity contribution in [2.45, 2.75) is 50.4 Å². The lowest BCUT2D eigenvalue weighted by Crippen LogP contribution is -2.42. The van der Waals surface area contributed by atoms with E-state index in [4.69, 9.17) is 0 Å². The second-order valence-electron chi connectivity index (χ2n) is 5.56. The molecule has 2 unspecified atom stereocenters. The van der Waals surface area contributed by atoms with Crippen molar-refractivity contribution in [1.82, 2.24) is 10.6 Å². The average Bonchev–Trinajstić information content (AvgIpc) is 2.99. The summed E-state index contributed by atoms with van der Waals surface area (Å²) < 4.78 is 0. The molecule has 0 aromatic heterocycles. The molecule has 0 spiro atoms. The molecule has 0 amide bonds. The Hall–Kier alpha value is -0.430. The van der Waals surface area contributed by atoms with Crippen LogP contribution in [0.3, 0.4) is 0 Å². The molecule has 2 rings (SSSR count). The van der Waals surface area contributed by atoms with Crippen LogP contribution >= 0.6 is 35.7 Å². The van der Waals surface area contributed by atoms with Gasteiger partial charge in [-0.15, -0.1) is 24.0 Å². The molecule has 1 aliphatic carbocycles. The van der Waals surface area contributed by atoms with Crippen molar-refractivity contribution in [3.05, 3.63) is 35.4 Å².